The summed E-state index contributed by atoms with van der Waals surface area (Å²) in [5.41, 5.74) is 0. The van der Waals surface area contributed by atoms with Gasteiger partial charge in [0.25, 0.3) is 0 Å². The van der Waals surface area contributed by atoms with E-state index in [1.807, 2.05) is 12.2 Å². The van der Waals surface area contributed by atoms with Gasteiger partial charge in [-0.15, -0.1) is 32.8 Å². The maximum absolute atomic E-state index is 9.46. The van der Waals surface area contributed by atoms with Crippen molar-refractivity contribution >= 4 is 0 Å². The quantitative estimate of drug-likeness (QED) is 0.585. The van der Waals surface area contributed by atoms with Crippen LogP contribution in [0.15, 0.2) is 43.5 Å². The van der Waals surface area contributed by atoms with Crippen LogP contribution in [0.2, 0.25) is 0 Å². The van der Waals surface area contributed by atoms with Crippen LogP contribution in [-0.2, 0) is 26.2 Å². The van der Waals surface area contributed by atoms with Gasteiger partial charge in [0, 0.05) is 0 Å². The van der Waals surface area contributed by atoms with Crippen molar-refractivity contribution in [1.82, 2.24) is 0 Å². The van der Waals surface area contributed by atoms with Crippen molar-refractivity contribution < 1.29 is 36.4 Å². The molecule has 0 aromatic rings. The third-order valence-corrected chi connectivity index (χ3v) is 1.23. The van der Waals surface area contributed by atoms with Crippen LogP contribution in [0, 0.1) is 13.0 Å². The zero-order chi connectivity index (χ0) is 13.8. The molecule has 0 N–H and O–H groups in total. The first-order valence-corrected chi connectivity index (χ1v) is 5.63. The number of hydrogen-bond donors (Lipinski definition) is 0. The molecule has 3 heteroatoms. The first-order chi connectivity index (χ1) is 8.33. The van der Waals surface area contributed by atoms with Crippen LogP contribution in [0.3, 0.4) is 0 Å². The predicted octanol–water partition coefficient (Wildman–Crippen LogP) is 1.99. The first kappa shape index (κ1) is 26.4. The molecule has 0 atom stereocenters. The Morgan fingerprint density at radius 1 is 1.17 bits per heavy atom. The van der Waals surface area contributed by atoms with Gasteiger partial charge >= 0.3 is 26.2 Å². The Morgan fingerprint density at radius 3 is 1.67 bits per heavy atom. The van der Waals surface area contributed by atoms with Crippen LogP contribution in [0.1, 0.15) is 26.2 Å². The normalized spacial score (nSPS) is 9.33. The van der Waals surface area contributed by atoms with Crippen LogP contribution in [0.25, 0.3) is 0 Å². The molecule has 0 saturated carbocycles. The van der Waals surface area contributed by atoms with E-state index in [0.29, 0.717) is 12.8 Å². The topological polar surface area (TPSA) is 46.1 Å². The molecule has 1 aliphatic carbocycles. The molecule has 0 heterocycles. The van der Waals surface area contributed by atoms with Crippen LogP contribution in [-0.4, -0.2) is 13.2 Å². The summed E-state index contributed by atoms with van der Waals surface area (Å²) in [6.45, 7) is 11.7. The van der Waals surface area contributed by atoms with E-state index in [9.17, 15) is 10.2 Å². The van der Waals surface area contributed by atoms with Crippen molar-refractivity contribution in [3.63, 3.8) is 0 Å². The van der Waals surface area contributed by atoms with Gasteiger partial charge < -0.3 is 17.1 Å². The molecule has 0 unspecified atom stereocenters. The zero-order valence-corrected chi connectivity index (χ0v) is 13.8. The molecule has 0 bridgehead atoms. The second kappa shape index (κ2) is 36.0. The van der Waals surface area contributed by atoms with Crippen molar-refractivity contribution in [3.05, 3.63) is 56.5 Å². The minimum absolute atomic E-state index is 0. The number of allylic oxidation sites excluding steroid dienone is 4. The van der Waals surface area contributed by atoms with Gasteiger partial charge in [-0.25, -0.2) is 12.2 Å². The van der Waals surface area contributed by atoms with Crippen LogP contribution in [0.4, 0.5) is 0 Å². The smallest absolute Gasteiger partial charge is 0.854 e. The molecule has 100 valence electrons. The van der Waals surface area contributed by atoms with Gasteiger partial charge in [0.05, 0.1) is 0 Å². The second-order valence-corrected chi connectivity index (χ2v) is 2.57. The number of hydrogen-bond acceptors (Lipinski definition) is 2. The number of rotatable bonds is 4. The van der Waals surface area contributed by atoms with Crippen molar-refractivity contribution in [2.45, 2.75) is 26.2 Å². The molecule has 1 rings (SSSR count). The van der Waals surface area contributed by atoms with Gasteiger partial charge in [0.2, 0.25) is 0 Å². The Bertz CT molecular complexity index is 167. The largest absolute Gasteiger partial charge is 4.00 e. The van der Waals surface area contributed by atoms with E-state index in [-0.39, 0.29) is 39.4 Å². The molecule has 0 spiro atoms. The molecule has 0 amide bonds. The van der Waals surface area contributed by atoms with E-state index in [1.165, 1.54) is 0 Å². The zero-order valence-electron chi connectivity index (χ0n) is 11.4. The Hall–Kier alpha value is -0.237. The maximum Gasteiger partial charge on any atom is 4.00 e. The average Bonchev–Trinajstić information content (AvgIpc) is 2.93. The van der Waals surface area contributed by atoms with Crippen molar-refractivity contribution in [1.29, 1.82) is 0 Å². The predicted molar refractivity (Wildman–Crippen MR) is 72.0 cm³/mol. The summed E-state index contributed by atoms with van der Waals surface area (Å²) >= 11 is 0. The fourth-order valence-corrected chi connectivity index (χ4v) is 0.507. The summed E-state index contributed by atoms with van der Waals surface area (Å²) in [5, 5.41) is 18.9. The molecule has 0 fully saturated rings. The van der Waals surface area contributed by atoms with Crippen LogP contribution in [0.5, 0.6) is 0 Å². The van der Waals surface area contributed by atoms with Gasteiger partial charge in [-0.1, -0.05) is 25.0 Å². The Labute approximate surface area is 132 Å². The summed E-state index contributed by atoms with van der Waals surface area (Å²) in [6, 6.07) is 0. The molecule has 0 aromatic carbocycles. The maximum atomic E-state index is 9.46. The molecular weight excluding hydrogens is 303 g/mol. The van der Waals surface area contributed by atoms with Crippen molar-refractivity contribution in [2.24, 2.45) is 0 Å². The third kappa shape index (κ3) is 44.7. The second-order valence-electron chi connectivity index (χ2n) is 2.57. The van der Waals surface area contributed by atoms with Gasteiger partial charge in [-0.05, 0) is 0 Å². The fourth-order valence-electron chi connectivity index (χ4n) is 0.507. The molecule has 0 aliphatic heterocycles. The van der Waals surface area contributed by atoms with Crippen molar-refractivity contribution in [2.75, 3.05) is 13.2 Å². The molecular formula is C15H24O2Zr. The third-order valence-electron chi connectivity index (χ3n) is 1.23. The van der Waals surface area contributed by atoms with E-state index in [4.69, 9.17) is 0 Å². The summed E-state index contributed by atoms with van der Waals surface area (Å²) in [4.78, 5) is 0. The van der Waals surface area contributed by atoms with E-state index in [1.54, 1.807) is 19.1 Å². The van der Waals surface area contributed by atoms with Gasteiger partial charge in [-0.2, -0.15) is 13.0 Å². The summed E-state index contributed by atoms with van der Waals surface area (Å²) in [5.74, 6) is 0. The summed E-state index contributed by atoms with van der Waals surface area (Å²) in [7, 11) is 0. The van der Waals surface area contributed by atoms with E-state index < -0.39 is 0 Å². The van der Waals surface area contributed by atoms with Gasteiger partial charge in [-0.3, -0.25) is 6.08 Å². The first-order valence-electron chi connectivity index (χ1n) is 5.63. The van der Waals surface area contributed by atoms with E-state index >= 15 is 0 Å². The molecule has 0 aromatic heterocycles. The summed E-state index contributed by atoms with van der Waals surface area (Å²) < 4.78 is 0. The van der Waals surface area contributed by atoms with E-state index in [2.05, 4.69) is 32.2 Å². The molecule has 0 radical (unpaired) electrons. The monoisotopic (exact) mass is 326 g/mol. The standard InChI is InChI=1S/C5H5.2C4H7O.C2H5.Zr/c1-2-4-5-3-1;2*1-2-3-4-5;1-2;/h1-3H,4H2;2*2H,1,3-4H2;1H2,2H3;/q4*-1;+4. The Kier molecular flexibility index (Phi) is 52.6. The fraction of sp³-hybridized carbons (Fsp3) is 0.400. The van der Waals surface area contributed by atoms with Gasteiger partial charge in [0.15, 0.2) is 0 Å². The molecule has 1 aliphatic rings. The van der Waals surface area contributed by atoms with Crippen LogP contribution < -0.4 is 10.2 Å². The van der Waals surface area contributed by atoms with Crippen molar-refractivity contribution in [3.8, 4) is 0 Å². The Balaban J connectivity index is -0.0000000744. The molecule has 18 heavy (non-hydrogen) atoms. The SMILES string of the molecule is C=CCC[O-].C=CCC[O-].[C-]1=CC=CC1.[CH2-]C.[Zr+4]. The average molecular weight is 328 g/mol. The van der Waals surface area contributed by atoms with Gasteiger partial charge in [0.1, 0.15) is 0 Å². The van der Waals surface area contributed by atoms with Crippen LogP contribution >= 0.6 is 0 Å². The molecule has 2 nitrogen and oxygen atoms in total. The molecule has 0 saturated heterocycles. The Morgan fingerprint density at radius 2 is 1.61 bits per heavy atom. The van der Waals surface area contributed by atoms with E-state index in [0.717, 1.165) is 6.42 Å². The minimum Gasteiger partial charge on any atom is -0.854 e. The summed E-state index contributed by atoms with van der Waals surface area (Å²) in [6.07, 6.45) is 14.4. The minimum atomic E-state index is -0.0243.